The maximum Gasteiger partial charge on any atom is 0.0975 e. The number of hydrogen-bond donors (Lipinski definition) is 0. The largest absolute Gasteiger partial charge is 0.350 e. The lowest BCUT2D eigenvalue weighted by molar-refractivity contribution is 0.489. The molecule has 0 N–H and O–H groups in total. The van der Waals surface area contributed by atoms with Crippen molar-refractivity contribution in [3.05, 3.63) is 57.9 Å². The lowest BCUT2D eigenvalue weighted by atomic mass is 9.81. The van der Waals surface area contributed by atoms with Gasteiger partial charge in [-0.05, 0) is 26.3 Å². The van der Waals surface area contributed by atoms with E-state index >= 15 is 0 Å². The van der Waals surface area contributed by atoms with Gasteiger partial charge in [0.2, 0.25) is 0 Å². The molecule has 0 spiro atoms. The Hall–Kier alpha value is -2.52. The van der Waals surface area contributed by atoms with Crippen LogP contribution < -0.4 is 0 Å². The molecule has 1 heterocycles. The fourth-order valence-electron chi connectivity index (χ4n) is 2.56. The van der Waals surface area contributed by atoms with Crippen LogP contribution in [-0.4, -0.2) is 11.9 Å². The van der Waals surface area contributed by atoms with Crippen LogP contribution in [0.3, 0.4) is 0 Å². The Morgan fingerprint density at radius 2 is 1.35 bits per heavy atom. The highest BCUT2D eigenvalue weighted by molar-refractivity contribution is 5.55. The van der Waals surface area contributed by atoms with Gasteiger partial charge in [0.1, 0.15) is 0 Å². The molecule has 3 heteroatoms. The van der Waals surface area contributed by atoms with Gasteiger partial charge in [0.05, 0.1) is 29.2 Å². The zero-order valence-corrected chi connectivity index (χ0v) is 12.2. The van der Waals surface area contributed by atoms with E-state index in [4.69, 9.17) is 0 Å². The number of rotatable bonds is 1. The predicted octanol–water partition coefficient (Wildman–Crippen LogP) is 3.62. The summed E-state index contributed by atoms with van der Waals surface area (Å²) < 4.78 is 0. The normalized spacial score (nSPS) is 16.2. The number of nitrogens with zero attached hydrogens (tertiary/aromatic N) is 3. The molecule has 0 aromatic heterocycles. The van der Waals surface area contributed by atoms with Crippen LogP contribution >= 0.6 is 0 Å². The molecule has 1 aromatic carbocycles. The molecule has 0 atom stereocenters. The molecule has 0 saturated heterocycles. The van der Waals surface area contributed by atoms with Gasteiger partial charge in [-0.3, -0.25) is 0 Å². The molecule has 0 bridgehead atoms. The standard InChI is InChI=1S/C17H17N3/c1-11-5-7-14(8-6-11)17-15(9-18)12(2)20(4)13(3)16(17)10-19/h5-8,17H,1-4H3. The SMILES string of the molecule is CC1=C(C#N)C(c2ccc(C)cc2)C(C#N)=C(C)N1C. The third-order valence-electron chi connectivity index (χ3n) is 4.01. The number of allylic oxidation sites excluding steroid dienone is 4. The first kappa shape index (κ1) is 13.9. The van der Waals surface area contributed by atoms with Gasteiger partial charge in [0.15, 0.2) is 0 Å². The highest BCUT2D eigenvalue weighted by Crippen LogP contribution is 2.40. The van der Waals surface area contributed by atoms with Gasteiger partial charge in [0, 0.05) is 18.4 Å². The Morgan fingerprint density at radius 1 is 0.900 bits per heavy atom. The first-order chi connectivity index (χ1) is 9.51. The van der Waals surface area contributed by atoms with Crippen molar-refractivity contribution in [2.24, 2.45) is 0 Å². The molecule has 0 amide bonds. The van der Waals surface area contributed by atoms with Gasteiger partial charge in [-0.15, -0.1) is 0 Å². The molecule has 1 aliphatic rings. The van der Waals surface area contributed by atoms with Crippen molar-refractivity contribution >= 4 is 0 Å². The van der Waals surface area contributed by atoms with E-state index in [9.17, 15) is 10.5 Å². The fraction of sp³-hybridized carbons (Fsp3) is 0.294. The predicted molar refractivity (Wildman–Crippen MR) is 78.3 cm³/mol. The van der Waals surface area contributed by atoms with E-state index in [1.807, 2.05) is 57.0 Å². The first-order valence-electron chi connectivity index (χ1n) is 6.53. The monoisotopic (exact) mass is 263 g/mol. The highest BCUT2D eigenvalue weighted by atomic mass is 15.1. The van der Waals surface area contributed by atoms with Crippen LogP contribution in [0.1, 0.15) is 30.9 Å². The van der Waals surface area contributed by atoms with Crippen LogP contribution in [0.15, 0.2) is 46.8 Å². The van der Waals surface area contributed by atoms with E-state index in [-0.39, 0.29) is 5.92 Å². The maximum absolute atomic E-state index is 9.50. The van der Waals surface area contributed by atoms with E-state index in [1.54, 1.807) is 0 Å². The third kappa shape index (κ3) is 2.08. The minimum atomic E-state index is -0.248. The van der Waals surface area contributed by atoms with Crippen LogP contribution in [0.5, 0.6) is 0 Å². The Balaban J connectivity index is 2.66. The molecule has 3 nitrogen and oxygen atoms in total. The number of hydrogen-bond acceptors (Lipinski definition) is 3. The van der Waals surface area contributed by atoms with Crippen molar-refractivity contribution in [1.82, 2.24) is 4.90 Å². The van der Waals surface area contributed by atoms with Crippen molar-refractivity contribution in [3.8, 4) is 12.1 Å². The average Bonchev–Trinajstić information content (AvgIpc) is 2.45. The maximum atomic E-state index is 9.50. The van der Waals surface area contributed by atoms with Crippen LogP contribution in [-0.2, 0) is 0 Å². The minimum absolute atomic E-state index is 0.248. The Bertz CT molecular complexity index is 640. The Kier molecular flexibility index (Phi) is 3.63. The zero-order valence-electron chi connectivity index (χ0n) is 12.2. The Morgan fingerprint density at radius 3 is 1.75 bits per heavy atom. The van der Waals surface area contributed by atoms with Crippen LogP contribution in [0.25, 0.3) is 0 Å². The van der Waals surface area contributed by atoms with Crippen molar-refractivity contribution in [2.45, 2.75) is 26.7 Å². The van der Waals surface area contributed by atoms with E-state index in [0.717, 1.165) is 17.0 Å². The molecule has 1 aliphatic heterocycles. The van der Waals surface area contributed by atoms with E-state index in [1.165, 1.54) is 5.56 Å². The third-order valence-corrected chi connectivity index (χ3v) is 4.01. The van der Waals surface area contributed by atoms with Crippen molar-refractivity contribution < 1.29 is 0 Å². The summed E-state index contributed by atoms with van der Waals surface area (Å²) in [5.74, 6) is -0.248. The molecule has 0 radical (unpaired) electrons. The molecule has 100 valence electrons. The summed E-state index contributed by atoms with van der Waals surface area (Å²) in [6, 6.07) is 12.6. The second-order valence-corrected chi connectivity index (χ2v) is 5.12. The first-order valence-corrected chi connectivity index (χ1v) is 6.53. The summed E-state index contributed by atoms with van der Waals surface area (Å²) in [4.78, 5) is 1.92. The Labute approximate surface area is 120 Å². The molecule has 0 aliphatic carbocycles. The molecular weight excluding hydrogens is 246 g/mol. The van der Waals surface area contributed by atoms with Crippen molar-refractivity contribution in [2.75, 3.05) is 7.05 Å². The van der Waals surface area contributed by atoms with Gasteiger partial charge in [-0.25, -0.2) is 0 Å². The van der Waals surface area contributed by atoms with Crippen LogP contribution in [0.2, 0.25) is 0 Å². The zero-order chi connectivity index (χ0) is 14.9. The summed E-state index contributed by atoms with van der Waals surface area (Å²) in [6.45, 7) is 5.88. The summed E-state index contributed by atoms with van der Waals surface area (Å²) in [5, 5.41) is 19.0. The van der Waals surface area contributed by atoms with Gasteiger partial charge in [0.25, 0.3) is 0 Å². The smallest absolute Gasteiger partial charge is 0.0975 e. The summed E-state index contributed by atoms with van der Waals surface area (Å²) in [5.41, 5.74) is 5.29. The number of benzene rings is 1. The van der Waals surface area contributed by atoms with E-state index in [0.29, 0.717) is 11.1 Å². The number of aryl methyl sites for hydroxylation is 1. The van der Waals surface area contributed by atoms with Gasteiger partial charge >= 0.3 is 0 Å². The average molecular weight is 263 g/mol. The lowest BCUT2D eigenvalue weighted by Crippen LogP contribution is -2.25. The van der Waals surface area contributed by atoms with Crippen LogP contribution in [0, 0.1) is 29.6 Å². The van der Waals surface area contributed by atoms with Crippen molar-refractivity contribution in [3.63, 3.8) is 0 Å². The molecule has 0 saturated carbocycles. The quantitative estimate of drug-likeness (QED) is 0.777. The van der Waals surface area contributed by atoms with Crippen LogP contribution in [0.4, 0.5) is 0 Å². The van der Waals surface area contributed by atoms with Gasteiger partial charge in [-0.1, -0.05) is 29.8 Å². The fourth-order valence-corrected chi connectivity index (χ4v) is 2.56. The van der Waals surface area contributed by atoms with Gasteiger partial charge in [-0.2, -0.15) is 10.5 Å². The van der Waals surface area contributed by atoms with Gasteiger partial charge < -0.3 is 4.90 Å². The molecule has 2 rings (SSSR count). The lowest BCUT2D eigenvalue weighted by Gasteiger charge is -2.32. The second-order valence-electron chi connectivity index (χ2n) is 5.12. The summed E-state index contributed by atoms with van der Waals surface area (Å²) in [7, 11) is 1.89. The number of nitriles is 2. The summed E-state index contributed by atoms with van der Waals surface area (Å²) in [6.07, 6.45) is 0. The highest BCUT2D eigenvalue weighted by Gasteiger charge is 2.31. The second kappa shape index (κ2) is 5.23. The molecule has 1 aromatic rings. The van der Waals surface area contributed by atoms with E-state index < -0.39 is 0 Å². The summed E-state index contributed by atoms with van der Waals surface area (Å²) >= 11 is 0. The molecule has 0 unspecified atom stereocenters. The minimum Gasteiger partial charge on any atom is -0.350 e. The molecule has 20 heavy (non-hydrogen) atoms. The molecular formula is C17H17N3. The topological polar surface area (TPSA) is 50.8 Å². The van der Waals surface area contributed by atoms with E-state index in [2.05, 4.69) is 12.1 Å². The molecule has 0 fully saturated rings. The van der Waals surface area contributed by atoms with Crippen molar-refractivity contribution in [1.29, 1.82) is 10.5 Å².